The van der Waals surface area contributed by atoms with Crippen molar-refractivity contribution < 1.29 is 14.4 Å². The minimum atomic E-state index is -1.12. The Morgan fingerprint density at radius 3 is 1.79 bits per heavy atom. The van der Waals surface area contributed by atoms with Gasteiger partial charge in [0, 0.05) is 13.0 Å². The molecule has 33 heavy (non-hydrogen) atoms. The maximum atomic E-state index is 11.2. The smallest absolute Gasteiger partial charge is 0.233 e. The van der Waals surface area contributed by atoms with Gasteiger partial charge in [0.2, 0.25) is 5.84 Å². The number of carboxylic acid groups (broad SMARTS) is 1. The fraction of sp³-hybridized carbons (Fsp3) is 0.786. The highest BCUT2D eigenvalue weighted by molar-refractivity contribution is 5.90. The third-order valence-electron chi connectivity index (χ3n) is 6.82. The van der Waals surface area contributed by atoms with Crippen molar-refractivity contribution in [1.29, 1.82) is 0 Å². The van der Waals surface area contributed by atoms with E-state index in [0.29, 0.717) is 5.84 Å². The van der Waals surface area contributed by atoms with Gasteiger partial charge in [-0.15, -0.1) is 0 Å². The number of rotatable bonds is 22. The Morgan fingerprint density at radius 2 is 1.36 bits per heavy atom. The third kappa shape index (κ3) is 13.1. The average Bonchev–Trinajstić information content (AvgIpc) is 3.18. The summed E-state index contributed by atoms with van der Waals surface area (Å²) >= 11 is 0. The molecule has 0 fully saturated rings. The Morgan fingerprint density at radius 1 is 0.909 bits per heavy atom. The molecule has 0 spiro atoms. The van der Waals surface area contributed by atoms with E-state index in [1.807, 2.05) is 6.08 Å². The lowest BCUT2D eigenvalue weighted by Gasteiger charge is -2.35. The first-order valence-corrected chi connectivity index (χ1v) is 13.8. The van der Waals surface area contributed by atoms with Crippen LogP contribution in [-0.2, 0) is 4.79 Å². The van der Waals surface area contributed by atoms with Crippen molar-refractivity contribution in [2.45, 2.75) is 136 Å². The van der Waals surface area contributed by atoms with E-state index >= 15 is 0 Å². The van der Waals surface area contributed by atoms with Crippen LogP contribution in [-0.4, -0.2) is 29.0 Å². The second kappa shape index (κ2) is 18.9. The van der Waals surface area contributed by atoms with Gasteiger partial charge in [-0.1, -0.05) is 116 Å². The quantitative estimate of drug-likeness (QED) is 0.151. The number of unbranched alkanes of at least 4 members (excludes halogenated alkanes) is 17. The lowest BCUT2D eigenvalue weighted by molar-refractivity contribution is -0.805. The van der Waals surface area contributed by atoms with Gasteiger partial charge in [0.05, 0.1) is 12.2 Å². The number of hydrogen-bond donors (Lipinski definition) is 1. The zero-order chi connectivity index (χ0) is 24.2. The highest BCUT2D eigenvalue weighted by atomic mass is 16.4. The molecule has 2 N–H and O–H groups in total. The fourth-order valence-electron chi connectivity index (χ4n) is 4.61. The highest BCUT2D eigenvalue weighted by Crippen LogP contribution is 2.21. The number of nitrogens with two attached hydrogens (primary N) is 1. The van der Waals surface area contributed by atoms with Crippen LogP contribution in [0, 0.1) is 0 Å². The molecule has 0 aromatic rings. The summed E-state index contributed by atoms with van der Waals surface area (Å²) in [6.07, 6.45) is 31.5. The molecular weight excluding hydrogens is 410 g/mol. The van der Waals surface area contributed by atoms with E-state index in [9.17, 15) is 9.90 Å². The third-order valence-corrected chi connectivity index (χ3v) is 6.82. The summed E-state index contributed by atoms with van der Waals surface area (Å²) < 4.78 is 0.0257. The van der Waals surface area contributed by atoms with E-state index in [-0.39, 0.29) is 17.2 Å². The van der Waals surface area contributed by atoms with Gasteiger partial charge in [0.25, 0.3) is 0 Å². The van der Waals surface area contributed by atoms with Crippen molar-refractivity contribution in [2.75, 3.05) is 6.54 Å². The van der Waals surface area contributed by atoms with Crippen LogP contribution in [0.15, 0.2) is 29.5 Å². The monoisotopic (exact) mass is 461 g/mol. The molecule has 1 aliphatic heterocycles. The minimum absolute atomic E-state index is 0.0257. The molecule has 0 saturated carbocycles. The van der Waals surface area contributed by atoms with Crippen molar-refractivity contribution in [2.24, 2.45) is 10.7 Å². The number of hydrogen-bond acceptors (Lipinski definition) is 4. The molecule has 1 heterocycles. The maximum absolute atomic E-state index is 11.2. The molecule has 0 radical (unpaired) electrons. The lowest BCUT2D eigenvalue weighted by Crippen LogP contribution is -2.60. The lowest BCUT2D eigenvalue weighted by atomic mass is 10.0. The summed E-state index contributed by atoms with van der Waals surface area (Å²) in [7, 11) is 0. The van der Waals surface area contributed by atoms with Crippen molar-refractivity contribution in [3.8, 4) is 0 Å². The molecule has 0 bridgehead atoms. The Labute approximate surface area is 203 Å². The minimum Gasteiger partial charge on any atom is -0.544 e. The summed E-state index contributed by atoms with van der Waals surface area (Å²) in [6.45, 7) is 3.90. The van der Waals surface area contributed by atoms with Crippen LogP contribution >= 0.6 is 0 Å². The van der Waals surface area contributed by atoms with Gasteiger partial charge in [-0.2, -0.15) is 4.99 Å². The number of aliphatic carboxylic acids is 1. The van der Waals surface area contributed by atoms with Crippen molar-refractivity contribution in [1.82, 2.24) is 0 Å². The zero-order valence-electron chi connectivity index (χ0n) is 21.6. The van der Waals surface area contributed by atoms with E-state index in [2.05, 4.69) is 18.0 Å². The van der Waals surface area contributed by atoms with Gasteiger partial charge < -0.3 is 9.90 Å². The van der Waals surface area contributed by atoms with E-state index in [0.717, 1.165) is 12.8 Å². The van der Waals surface area contributed by atoms with E-state index in [1.165, 1.54) is 103 Å². The molecule has 0 saturated heterocycles. The molecule has 0 aliphatic carbocycles. The molecule has 0 amide bonds. The number of allylic oxidation sites excluding steroid dienone is 1. The summed E-state index contributed by atoms with van der Waals surface area (Å²) in [5.41, 5.74) is 6.06. The first-order chi connectivity index (χ1) is 16.0. The molecule has 0 aromatic carbocycles. The highest BCUT2D eigenvalue weighted by Gasteiger charge is 2.37. The van der Waals surface area contributed by atoms with Crippen LogP contribution in [0.2, 0.25) is 0 Å². The van der Waals surface area contributed by atoms with Crippen LogP contribution in [0.4, 0.5) is 0 Å². The molecule has 1 aliphatic rings. The summed E-state index contributed by atoms with van der Waals surface area (Å²) in [5.74, 6) is -0.436. The number of aliphatic imine (C=N–C) groups is 1. The molecule has 5 heteroatoms. The van der Waals surface area contributed by atoms with E-state index in [4.69, 9.17) is 5.73 Å². The van der Waals surface area contributed by atoms with Crippen LogP contribution in [0.5, 0.6) is 0 Å². The Hall–Kier alpha value is -1.46. The number of carbonyl (C=O) groups is 1. The first-order valence-electron chi connectivity index (χ1n) is 13.8. The van der Waals surface area contributed by atoms with Gasteiger partial charge in [-0.05, 0) is 12.8 Å². The van der Waals surface area contributed by atoms with Crippen LogP contribution in [0.25, 0.3) is 0 Å². The number of nitrogens with zero attached hydrogens (tertiary/aromatic N) is 2. The molecule has 5 nitrogen and oxygen atoms in total. The largest absolute Gasteiger partial charge is 0.544 e. The Bertz CT molecular complexity index is 598. The normalized spacial score (nSPS) is 18.8. The molecule has 0 aromatic heterocycles. The van der Waals surface area contributed by atoms with Gasteiger partial charge in [-0.3, -0.25) is 5.73 Å². The second-order valence-electron chi connectivity index (χ2n) is 9.83. The molecule has 2 atom stereocenters. The molecular formula is C28H51N3O2. The van der Waals surface area contributed by atoms with Crippen LogP contribution < -0.4 is 10.8 Å². The van der Waals surface area contributed by atoms with Gasteiger partial charge in [0.15, 0.2) is 0 Å². The summed E-state index contributed by atoms with van der Waals surface area (Å²) in [4.78, 5) is 15.5. The SMILES string of the molecule is CCCCCCCCCCCCCCCCCCC/C=C/C1=NC=C[N+]1(CC(=O)[O-])C(C)N. The molecule has 2 unspecified atom stereocenters. The summed E-state index contributed by atoms with van der Waals surface area (Å²) in [5, 5.41) is 11.2. The topological polar surface area (TPSA) is 78.5 Å². The van der Waals surface area contributed by atoms with Gasteiger partial charge >= 0.3 is 0 Å². The van der Waals surface area contributed by atoms with Gasteiger partial charge in [-0.25, -0.2) is 4.48 Å². The number of carboxylic acids is 1. The molecule has 1 rings (SSSR count). The summed E-state index contributed by atoms with van der Waals surface area (Å²) in [6, 6.07) is 0. The number of amidine groups is 1. The first kappa shape index (κ1) is 29.6. The fourth-order valence-corrected chi connectivity index (χ4v) is 4.61. The predicted molar refractivity (Wildman–Crippen MR) is 138 cm³/mol. The van der Waals surface area contributed by atoms with Crippen molar-refractivity contribution in [3.05, 3.63) is 24.6 Å². The maximum Gasteiger partial charge on any atom is 0.233 e. The standard InChI is InChI=1S/C28H51N3O2/c1-3-4-5-6-7-8-9-10-11-12-13-14-15-16-17-18-19-20-21-22-27-30-23-24-31(27,26(2)29)25-28(32)33/h21-24,26H,3-20,25,29H2,1-2H3/b22-21+. The van der Waals surface area contributed by atoms with Gasteiger partial charge in [0.1, 0.15) is 18.9 Å². The predicted octanol–water partition coefficient (Wildman–Crippen LogP) is 6.34. The number of carbonyl (C=O) groups excluding carboxylic acids is 1. The van der Waals surface area contributed by atoms with Crippen molar-refractivity contribution >= 4 is 11.8 Å². The Kier molecular flexibility index (Phi) is 16.9. The van der Waals surface area contributed by atoms with Crippen LogP contribution in [0.1, 0.15) is 129 Å². The Balaban J connectivity index is 1.95. The second-order valence-corrected chi connectivity index (χ2v) is 9.83. The average molecular weight is 462 g/mol. The van der Waals surface area contributed by atoms with Crippen LogP contribution in [0.3, 0.4) is 0 Å². The van der Waals surface area contributed by atoms with E-state index in [1.54, 1.807) is 19.3 Å². The zero-order valence-corrected chi connectivity index (χ0v) is 21.6. The van der Waals surface area contributed by atoms with E-state index < -0.39 is 5.97 Å². The number of quaternary nitrogens is 1. The molecule has 190 valence electrons. The van der Waals surface area contributed by atoms with Crippen molar-refractivity contribution in [3.63, 3.8) is 0 Å².